The Hall–Kier alpha value is -2.64. The van der Waals surface area contributed by atoms with Crippen LogP contribution in [0.2, 0.25) is 0 Å². The predicted molar refractivity (Wildman–Crippen MR) is 76.3 cm³/mol. The van der Waals surface area contributed by atoms with Crippen molar-refractivity contribution in [2.75, 3.05) is 12.3 Å². The lowest BCUT2D eigenvalue weighted by Crippen LogP contribution is -2.37. The Labute approximate surface area is 130 Å². The third kappa shape index (κ3) is 2.96. The number of hydrogen-bond donors (Lipinski definition) is 1. The molecule has 0 aliphatic carbocycles. The number of alkyl halides is 3. The molecule has 0 unspecified atom stereocenters. The van der Waals surface area contributed by atoms with Gasteiger partial charge in [0, 0.05) is 12.7 Å². The minimum absolute atomic E-state index is 0.0775. The number of nitrogens with zero attached hydrogens (tertiary/aromatic N) is 3. The van der Waals surface area contributed by atoms with Crippen LogP contribution in [-0.4, -0.2) is 27.3 Å². The van der Waals surface area contributed by atoms with Crippen LogP contribution in [0.25, 0.3) is 0 Å². The lowest BCUT2D eigenvalue weighted by molar-refractivity contribution is -0.138. The maximum absolute atomic E-state index is 13.1. The molecule has 23 heavy (non-hydrogen) atoms. The summed E-state index contributed by atoms with van der Waals surface area (Å²) in [4.78, 5) is 21.8. The maximum atomic E-state index is 13.1. The minimum atomic E-state index is -4.58. The van der Waals surface area contributed by atoms with Crippen LogP contribution in [0, 0.1) is 0 Å². The fourth-order valence-corrected chi connectivity index (χ4v) is 2.58. The average Bonchev–Trinajstić information content (AvgIpc) is 2.52. The Morgan fingerprint density at radius 2 is 2.00 bits per heavy atom. The minimum Gasteiger partial charge on any atom is -0.368 e. The van der Waals surface area contributed by atoms with Crippen LogP contribution < -0.4 is 5.73 Å². The highest BCUT2D eigenvalue weighted by Gasteiger charge is 2.36. The zero-order chi connectivity index (χ0) is 16.6. The van der Waals surface area contributed by atoms with Gasteiger partial charge in [-0.05, 0) is 24.1 Å². The monoisotopic (exact) mass is 322 g/mol. The molecule has 0 spiro atoms. The third-order valence-corrected chi connectivity index (χ3v) is 3.71. The van der Waals surface area contributed by atoms with Crippen LogP contribution in [0.15, 0.2) is 30.5 Å². The average molecular weight is 322 g/mol. The fourth-order valence-electron chi connectivity index (χ4n) is 2.58. The first-order valence-corrected chi connectivity index (χ1v) is 6.92. The van der Waals surface area contributed by atoms with Gasteiger partial charge in [-0.15, -0.1) is 0 Å². The quantitative estimate of drug-likeness (QED) is 0.874. The first-order valence-electron chi connectivity index (χ1n) is 6.92. The number of nitrogens with two attached hydrogens (primary N) is 1. The lowest BCUT2D eigenvalue weighted by atomic mass is 10.0. The number of amides is 1. The van der Waals surface area contributed by atoms with E-state index in [0.717, 1.165) is 11.6 Å². The van der Waals surface area contributed by atoms with Gasteiger partial charge < -0.3 is 10.6 Å². The normalized spacial score (nSPS) is 14.5. The first kappa shape index (κ1) is 15.3. The second-order valence-electron chi connectivity index (χ2n) is 5.22. The van der Waals surface area contributed by atoms with E-state index in [-0.39, 0.29) is 18.1 Å². The molecule has 1 amide bonds. The molecule has 5 nitrogen and oxygen atoms in total. The van der Waals surface area contributed by atoms with Crippen LogP contribution in [0.3, 0.4) is 0 Å². The SMILES string of the molecule is Nc1ncc2c(n1)CN(C(=O)c1ccccc1C(F)(F)F)CC2. The van der Waals surface area contributed by atoms with Crippen molar-refractivity contribution in [3.05, 3.63) is 52.8 Å². The van der Waals surface area contributed by atoms with Gasteiger partial charge in [0.25, 0.3) is 5.91 Å². The van der Waals surface area contributed by atoms with Crippen LogP contribution in [0.5, 0.6) is 0 Å². The molecule has 8 heteroatoms. The van der Waals surface area contributed by atoms with Gasteiger partial charge in [0.2, 0.25) is 5.95 Å². The fraction of sp³-hybridized carbons (Fsp3) is 0.267. The van der Waals surface area contributed by atoms with Crippen molar-refractivity contribution in [2.45, 2.75) is 19.1 Å². The molecule has 0 fully saturated rings. The number of carbonyl (C=O) groups is 1. The summed E-state index contributed by atoms with van der Waals surface area (Å²) in [6.45, 7) is 0.429. The summed E-state index contributed by atoms with van der Waals surface area (Å²) in [6.07, 6.45) is -2.51. The molecule has 1 aliphatic heterocycles. The second-order valence-corrected chi connectivity index (χ2v) is 5.22. The summed E-state index contributed by atoms with van der Waals surface area (Å²) in [6, 6.07) is 4.78. The maximum Gasteiger partial charge on any atom is 0.417 e. The van der Waals surface area contributed by atoms with E-state index < -0.39 is 17.6 Å². The van der Waals surface area contributed by atoms with E-state index in [0.29, 0.717) is 18.7 Å². The number of carbonyl (C=O) groups excluding carboxylic acids is 1. The summed E-state index contributed by atoms with van der Waals surface area (Å²) in [5.74, 6) is -0.588. The molecule has 2 aromatic rings. The topological polar surface area (TPSA) is 72.1 Å². The van der Waals surface area contributed by atoms with E-state index in [1.165, 1.54) is 23.1 Å². The van der Waals surface area contributed by atoms with Crippen LogP contribution in [0.1, 0.15) is 27.2 Å². The second kappa shape index (κ2) is 5.53. The Kier molecular flexibility index (Phi) is 3.67. The van der Waals surface area contributed by atoms with Crippen molar-refractivity contribution in [1.29, 1.82) is 0 Å². The highest BCUT2D eigenvalue weighted by Crippen LogP contribution is 2.33. The van der Waals surface area contributed by atoms with Gasteiger partial charge in [-0.25, -0.2) is 9.97 Å². The molecule has 0 radical (unpaired) electrons. The molecule has 2 N–H and O–H groups in total. The smallest absolute Gasteiger partial charge is 0.368 e. The van der Waals surface area contributed by atoms with Crippen molar-refractivity contribution >= 4 is 11.9 Å². The lowest BCUT2D eigenvalue weighted by Gasteiger charge is -2.28. The van der Waals surface area contributed by atoms with E-state index >= 15 is 0 Å². The van der Waals surface area contributed by atoms with Gasteiger partial charge in [0.1, 0.15) is 0 Å². The van der Waals surface area contributed by atoms with Crippen molar-refractivity contribution in [3.8, 4) is 0 Å². The van der Waals surface area contributed by atoms with Gasteiger partial charge in [-0.2, -0.15) is 13.2 Å². The van der Waals surface area contributed by atoms with Crippen LogP contribution in [0.4, 0.5) is 19.1 Å². The summed E-state index contributed by atoms with van der Waals surface area (Å²) >= 11 is 0. The molecule has 1 aliphatic rings. The number of benzene rings is 1. The predicted octanol–water partition coefficient (Wildman–Crippen LogP) is 2.28. The third-order valence-electron chi connectivity index (χ3n) is 3.71. The number of aromatic nitrogens is 2. The first-order chi connectivity index (χ1) is 10.9. The van der Waals surface area contributed by atoms with Crippen molar-refractivity contribution in [3.63, 3.8) is 0 Å². The Bertz CT molecular complexity index is 761. The van der Waals surface area contributed by atoms with E-state index in [2.05, 4.69) is 9.97 Å². The van der Waals surface area contributed by atoms with Gasteiger partial charge in [0.05, 0.1) is 23.4 Å². The molecule has 0 atom stereocenters. The van der Waals surface area contributed by atoms with E-state index in [1.807, 2.05) is 0 Å². The zero-order valence-corrected chi connectivity index (χ0v) is 12.0. The highest BCUT2D eigenvalue weighted by molar-refractivity contribution is 5.96. The van der Waals surface area contributed by atoms with E-state index in [4.69, 9.17) is 5.73 Å². The molecule has 1 aromatic heterocycles. The summed E-state index contributed by atoms with van der Waals surface area (Å²) in [7, 11) is 0. The largest absolute Gasteiger partial charge is 0.417 e. The number of halogens is 3. The van der Waals surface area contributed by atoms with E-state index in [9.17, 15) is 18.0 Å². The standard InChI is InChI=1S/C15H13F3N4O/c16-15(17,18)11-4-2-1-3-10(11)13(23)22-6-5-9-7-20-14(19)21-12(9)8-22/h1-4,7H,5-6,8H2,(H2,19,20,21). The summed E-state index contributed by atoms with van der Waals surface area (Å²) < 4.78 is 39.2. The highest BCUT2D eigenvalue weighted by atomic mass is 19.4. The van der Waals surface area contributed by atoms with Crippen LogP contribution >= 0.6 is 0 Å². The molecule has 0 saturated carbocycles. The van der Waals surface area contributed by atoms with Crippen molar-refractivity contribution in [1.82, 2.24) is 14.9 Å². The number of hydrogen-bond acceptors (Lipinski definition) is 4. The number of fused-ring (bicyclic) bond motifs is 1. The molecule has 1 aromatic carbocycles. The summed E-state index contributed by atoms with van der Waals surface area (Å²) in [5.41, 5.74) is 5.66. The molecule has 0 bridgehead atoms. The van der Waals surface area contributed by atoms with Crippen molar-refractivity contribution in [2.24, 2.45) is 0 Å². The molecule has 0 saturated heterocycles. The van der Waals surface area contributed by atoms with Gasteiger partial charge in [0.15, 0.2) is 0 Å². The summed E-state index contributed by atoms with van der Waals surface area (Å²) in [5, 5.41) is 0. The zero-order valence-electron chi connectivity index (χ0n) is 12.0. The molecular formula is C15H13F3N4O. The number of nitrogen functional groups attached to an aromatic ring is 1. The molecule has 2 heterocycles. The Morgan fingerprint density at radius 1 is 1.26 bits per heavy atom. The molecule has 3 rings (SSSR count). The van der Waals surface area contributed by atoms with E-state index in [1.54, 1.807) is 6.20 Å². The number of anilines is 1. The van der Waals surface area contributed by atoms with Gasteiger partial charge in [-0.3, -0.25) is 4.79 Å². The number of rotatable bonds is 1. The van der Waals surface area contributed by atoms with Crippen LogP contribution in [-0.2, 0) is 19.1 Å². The van der Waals surface area contributed by atoms with Crippen molar-refractivity contribution < 1.29 is 18.0 Å². The van der Waals surface area contributed by atoms with Gasteiger partial charge >= 0.3 is 6.18 Å². The molecule has 120 valence electrons. The Balaban J connectivity index is 1.91. The van der Waals surface area contributed by atoms with Gasteiger partial charge in [-0.1, -0.05) is 12.1 Å². The Morgan fingerprint density at radius 3 is 2.74 bits per heavy atom. The molecular weight excluding hydrogens is 309 g/mol.